The van der Waals surface area contributed by atoms with Crippen LogP contribution in [0.2, 0.25) is 0 Å². The van der Waals surface area contributed by atoms with Crippen molar-refractivity contribution < 1.29 is 4.79 Å². The lowest BCUT2D eigenvalue weighted by Crippen LogP contribution is -2.03. The summed E-state index contributed by atoms with van der Waals surface area (Å²) in [5.74, 6) is -0.0383. The maximum atomic E-state index is 11.1. The summed E-state index contributed by atoms with van der Waals surface area (Å²) >= 11 is 0. The number of hydrogen-bond donors (Lipinski definition) is 0. The molecule has 1 nitrogen and oxygen atoms in total. The van der Waals surface area contributed by atoms with E-state index in [-0.39, 0.29) is 5.92 Å². The summed E-state index contributed by atoms with van der Waals surface area (Å²) in [6.45, 7) is 0. The summed E-state index contributed by atoms with van der Waals surface area (Å²) in [7, 11) is 0. The van der Waals surface area contributed by atoms with Crippen LogP contribution >= 0.6 is 0 Å². The minimum absolute atomic E-state index is 0.0383. The predicted molar refractivity (Wildman–Crippen MR) is 65.4 cm³/mol. The van der Waals surface area contributed by atoms with Crippen LogP contribution < -0.4 is 0 Å². The van der Waals surface area contributed by atoms with E-state index >= 15 is 0 Å². The molecule has 2 aromatic carbocycles. The van der Waals surface area contributed by atoms with Gasteiger partial charge in [-0.1, -0.05) is 60.7 Å². The quantitative estimate of drug-likeness (QED) is 0.708. The maximum Gasteiger partial charge on any atom is 0.127 e. The van der Waals surface area contributed by atoms with Crippen molar-refractivity contribution in [2.75, 3.05) is 0 Å². The van der Waals surface area contributed by atoms with E-state index in [0.29, 0.717) is 0 Å². The monoisotopic (exact) mass is 210 g/mol. The van der Waals surface area contributed by atoms with Gasteiger partial charge in [0, 0.05) is 5.92 Å². The van der Waals surface area contributed by atoms with E-state index in [9.17, 15) is 4.79 Å². The third-order valence-corrected chi connectivity index (χ3v) is 2.69. The second-order valence-electron chi connectivity index (χ2n) is 3.84. The van der Waals surface area contributed by atoms with Crippen LogP contribution in [-0.2, 0) is 11.2 Å². The lowest BCUT2D eigenvalue weighted by Gasteiger charge is -2.10. The zero-order chi connectivity index (χ0) is 11.2. The van der Waals surface area contributed by atoms with Crippen molar-refractivity contribution in [2.45, 2.75) is 12.3 Å². The summed E-state index contributed by atoms with van der Waals surface area (Å²) < 4.78 is 0. The van der Waals surface area contributed by atoms with Crippen LogP contribution in [0.1, 0.15) is 17.0 Å². The molecule has 0 radical (unpaired) electrons. The van der Waals surface area contributed by atoms with Gasteiger partial charge in [-0.3, -0.25) is 0 Å². The molecule has 2 aromatic rings. The molecule has 0 unspecified atom stereocenters. The highest BCUT2D eigenvalue weighted by Crippen LogP contribution is 2.18. The molecule has 1 atom stereocenters. The molecule has 0 heterocycles. The highest BCUT2D eigenvalue weighted by atomic mass is 16.1. The molecule has 0 amide bonds. The van der Waals surface area contributed by atoms with Crippen molar-refractivity contribution in [3.05, 3.63) is 71.8 Å². The maximum absolute atomic E-state index is 11.1. The average Bonchev–Trinajstić information content (AvgIpc) is 2.38. The Labute approximate surface area is 95.7 Å². The first-order chi connectivity index (χ1) is 7.90. The Morgan fingerprint density at radius 2 is 1.44 bits per heavy atom. The van der Waals surface area contributed by atoms with Gasteiger partial charge in [-0.2, -0.15) is 0 Å². The number of benzene rings is 2. The number of carbonyl (C=O) groups excluding carboxylic acids is 1. The summed E-state index contributed by atoms with van der Waals surface area (Å²) in [4.78, 5) is 11.1. The first-order valence-electron chi connectivity index (χ1n) is 5.44. The minimum atomic E-state index is -0.0383. The Kier molecular flexibility index (Phi) is 3.50. The van der Waals surface area contributed by atoms with Gasteiger partial charge < -0.3 is 4.79 Å². The van der Waals surface area contributed by atoms with Crippen LogP contribution in [-0.4, -0.2) is 6.29 Å². The Balaban J connectivity index is 2.16. The van der Waals surface area contributed by atoms with Crippen LogP contribution in [0.5, 0.6) is 0 Å². The number of carbonyl (C=O) groups is 1. The smallest absolute Gasteiger partial charge is 0.127 e. The molecular formula is C15H14O. The van der Waals surface area contributed by atoms with Crippen LogP contribution in [0.4, 0.5) is 0 Å². The van der Waals surface area contributed by atoms with Gasteiger partial charge in [-0.05, 0) is 17.5 Å². The van der Waals surface area contributed by atoms with E-state index in [1.54, 1.807) is 0 Å². The number of aldehydes is 1. The first-order valence-corrected chi connectivity index (χ1v) is 5.44. The Morgan fingerprint density at radius 3 is 2.00 bits per heavy atom. The first kappa shape index (κ1) is 10.6. The molecule has 0 fully saturated rings. The molecule has 0 aliphatic heterocycles. The van der Waals surface area contributed by atoms with Crippen molar-refractivity contribution in [1.29, 1.82) is 0 Å². The average molecular weight is 210 g/mol. The van der Waals surface area contributed by atoms with E-state index in [2.05, 4.69) is 12.1 Å². The van der Waals surface area contributed by atoms with Gasteiger partial charge >= 0.3 is 0 Å². The predicted octanol–water partition coefficient (Wildman–Crippen LogP) is 3.21. The summed E-state index contributed by atoms with van der Waals surface area (Å²) in [6.07, 6.45) is 1.80. The van der Waals surface area contributed by atoms with Crippen LogP contribution in [0.3, 0.4) is 0 Å². The fraction of sp³-hybridized carbons (Fsp3) is 0.133. The SMILES string of the molecule is O=C[C@H](Cc1ccccc1)c1ccccc1. The van der Waals surface area contributed by atoms with Crippen molar-refractivity contribution in [1.82, 2.24) is 0 Å². The standard InChI is InChI=1S/C15H14O/c16-12-15(14-9-5-2-6-10-14)11-13-7-3-1-4-8-13/h1-10,12,15H,11H2/t15-/m0/s1. The molecule has 0 saturated carbocycles. The molecule has 0 aliphatic rings. The summed E-state index contributed by atoms with van der Waals surface area (Å²) in [5.41, 5.74) is 2.28. The third kappa shape index (κ3) is 2.57. The molecule has 0 aliphatic carbocycles. The van der Waals surface area contributed by atoms with E-state index in [4.69, 9.17) is 0 Å². The zero-order valence-corrected chi connectivity index (χ0v) is 9.04. The van der Waals surface area contributed by atoms with E-state index in [0.717, 1.165) is 18.3 Å². The fourth-order valence-electron chi connectivity index (χ4n) is 1.81. The molecule has 2 rings (SSSR count). The van der Waals surface area contributed by atoms with Gasteiger partial charge in [0.2, 0.25) is 0 Å². The van der Waals surface area contributed by atoms with Gasteiger partial charge in [-0.15, -0.1) is 0 Å². The van der Waals surface area contributed by atoms with Gasteiger partial charge in [-0.25, -0.2) is 0 Å². The van der Waals surface area contributed by atoms with Crippen molar-refractivity contribution in [2.24, 2.45) is 0 Å². The van der Waals surface area contributed by atoms with Gasteiger partial charge in [0.15, 0.2) is 0 Å². The highest BCUT2D eigenvalue weighted by molar-refractivity contribution is 5.62. The lowest BCUT2D eigenvalue weighted by atomic mass is 9.93. The summed E-state index contributed by atoms with van der Waals surface area (Å²) in [5, 5.41) is 0. The molecule has 1 heteroatoms. The normalized spacial score (nSPS) is 12.0. The topological polar surface area (TPSA) is 17.1 Å². The molecule has 80 valence electrons. The molecule has 0 aromatic heterocycles. The van der Waals surface area contributed by atoms with Crippen molar-refractivity contribution in [3.63, 3.8) is 0 Å². The van der Waals surface area contributed by atoms with E-state index in [1.807, 2.05) is 48.5 Å². The number of rotatable bonds is 4. The number of hydrogen-bond acceptors (Lipinski definition) is 1. The second-order valence-corrected chi connectivity index (χ2v) is 3.84. The van der Waals surface area contributed by atoms with Crippen molar-refractivity contribution >= 4 is 6.29 Å². The highest BCUT2D eigenvalue weighted by Gasteiger charge is 2.10. The minimum Gasteiger partial charge on any atom is -0.303 e. The third-order valence-electron chi connectivity index (χ3n) is 2.69. The Hall–Kier alpha value is -1.89. The fourth-order valence-corrected chi connectivity index (χ4v) is 1.81. The van der Waals surface area contributed by atoms with Gasteiger partial charge in [0.25, 0.3) is 0 Å². The molecular weight excluding hydrogens is 196 g/mol. The molecule has 0 N–H and O–H groups in total. The Morgan fingerprint density at radius 1 is 0.875 bits per heavy atom. The summed E-state index contributed by atoms with van der Waals surface area (Å²) in [6, 6.07) is 20.0. The zero-order valence-electron chi connectivity index (χ0n) is 9.04. The molecule has 16 heavy (non-hydrogen) atoms. The Bertz CT molecular complexity index is 434. The van der Waals surface area contributed by atoms with Crippen LogP contribution in [0.15, 0.2) is 60.7 Å². The van der Waals surface area contributed by atoms with Gasteiger partial charge in [0.1, 0.15) is 6.29 Å². The molecule has 0 bridgehead atoms. The van der Waals surface area contributed by atoms with Gasteiger partial charge in [0.05, 0.1) is 0 Å². The largest absolute Gasteiger partial charge is 0.303 e. The van der Waals surface area contributed by atoms with Crippen molar-refractivity contribution in [3.8, 4) is 0 Å². The second kappa shape index (κ2) is 5.26. The lowest BCUT2D eigenvalue weighted by molar-refractivity contribution is -0.109. The van der Waals surface area contributed by atoms with E-state index in [1.165, 1.54) is 5.56 Å². The molecule has 0 saturated heterocycles. The molecule has 0 spiro atoms. The van der Waals surface area contributed by atoms with Crippen LogP contribution in [0.25, 0.3) is 0 Å². The van der Waals surface area contributed by atoms with Crippen LogP contribution in [0, 0.1) is 0 Å². The van der Waals surface area contributed by atoms with E-state index < -0.39 is 0 Å².